The third kappa shape index (κ3) is 1.40. The zero-order valence-corrected chi connectivity index (χ0v) is 10.9. The molecule has 4 rings (SSSR count). The van der Waals surface area contributed by atoms with Gasteiger partial charge in [0, 0.05) is 28.1 Å². The summed E-state index contributed by atoms with van der Waals surface area (Å²) < 4.78 is 5.23. The molecule has 3 heteroatoms. The molecule has 0 radical (unpaired) electrons. The number of nitrogens with zero attached hydrogens (tertiary/aromatic N) is 1. The monoisotopic (exact) mass is 261 g/mol. The van der Waals surface area contributed by atoms with Gasteiger partial charge in [-0.05, 0) is 18.2 Å². The Morgan fingerprint density at radius 2 is 1.75 bits per heavy atom. The number of ether oxygens (including phenoxy) is 1. The van der Waals surface area contributed by atoms with Crippen molar-refractivity contribution in [3.8, 4) is 17.0 Å². The van der Waals surface area contributed by atoms with Gasteiger partial charge >= 0.3 is 0 Å². The molecular weight excluding hydrogens is 250 g/mol. The fourth-order valence-corrected chi connectivity index (χ4v) is 2.68. The highest BCUT2D eigenvalue weighted by Gasteiger charge is 2.27. The fourth-order valence-electron chi connectivity index (χ4n) is 2.68. The predicted molar refractivity (Wildman–Crippen MR) is 77.2 cm³/mol. The zero-order valence-electron chi connectivity index (χ0n) is 10.9. The minimum atomic E-state index is 0.0563. The van der Waals surface area contributed by atoms with Gasteiger partial charge in [0.25, 0.3) is 0 Å². The van der Waals surface area contributed by atoms with E-state index in [4.69, 9.17) is 4.74 Å². The maximum atomic E-state index is 12.4. The Bertz CT molecular complexity index is 868. The van der Waals surface area contributed by atoms with Crippen molar-refractivity contribution in [1.82, 2.24) is 4.98 Å². The smallest absolute Gasteiger partial charge is 0.195 e. The maximum absolute atomic E-state index is 12.4. The van der Waals surface area contributed by atoms with Crippen molar-refractivity contribution in [1.29, 1.82) is 0 Å². The molecule has 20 heavy (non-hydrogen) atoms. The predicted octanol–water partition coefficient (Wildman–Crippen LogP) is 3.45. The summed E-state index contributed by atoms with van der Waals surface area (Å²) in [7, 11) is 1.63. The standard InChI is InChI=1S/C17H11NO2/c1-20-11-7-6-10-8-14-16(18-15(10)9-11)12-4-2-3-5-13(12)17(14)19/h2-9H,1H3. The van der Waals surface area contributed by atoms with Crippen molar-refractivity contribution >= 4 is 16.7 Å². The molecule has 0 amide bonds. The molecule has 1 aliphatic rings. The van der Waals surface area contributed by atoms with E-state index in [9.17, 15) is 4.79 Å². The van der Waals surface area contributed by atoms with Gasteiger partial charge in [-0.3, -0.25) is 4.79 Å². The van der Waals surface area contributed by atoms with Crippen LogP contribution in [0.25, 0.3) is 22.2 Å². The molecule has 3 aromatic rings. The number of rotatable bonds is 1. The van der Waals surface area contributed by atoms with Crippen molar-refractivity contribution in [3.05, 3.63) is 59.7 Å². The lowest BCUT2D eigenvalue weighted by Crippen LogP contribution is -1.95. The van der Waals surface area contributed by atoms with Crippen LogP contribution < -0.4 is 4.74 Å². The lowest BCUT2D eigenvalue weighted by atomic mass is 10.1. The Hall–Kier alpha value is -2.68. The molecule has 0 N–H and O–H groups in total. The van der Waals surface area contributed by atoms with Gasteiger partial charge in [-0.1, -0.05) is 24.3 Å². The number of carbonyl (C=O) groups excluding carboxylic acids is 1. The van der Waals surface area contributed by atoms with E-state index in [-0.39, 0.29) is 5.78 Å². The van der Waals surface area contributed by atoms with Gasteiger partial charge in [0.1, 0.15) is 5.75 Å². The van der Waals surface area contributed by atoms with Crippen molar-refractivity contribution in [3.63, 3.8) is 0 Å². The normalized spacial score (nSPS) is 12.3. The van der Waals surface area contributed by atoms with Gasteiger partial charge in [-0.25, -0.2) is 4.98 Å². The zero-order chi connectivity index (χ0) is 13.7. The SMILES string of the molecule is COc1ccc2cc3c(nc2c1)-c1ccccc1C3=O. The second kappa shape index (κ2) is 3.90. The first kappa shape index (κ1) is 11.2. The topological polar surface area (TPSA) is 39.2 Å². The number of methoxy groups -OCH3 is 1. The van der Waals surface area contributed by atoms with Crippen molar-refractivity contribution in [2.45, 2.75) is 0 Å². The Labute approximate surface area is 115 Å². The number of ketones is 1. The van der Waals surface area contributed by atoms with E-state index in [1.54, 1.807) is 7.11 Å². The third-order valence-electron chi connectivity index (χ3n) is 3.70. The van der Waals surface area contributed by atoms with Crippen LogP contribution >= 0.6 is 0 Å². The molecule has 0 atom stereocenters. The highest BCUT2D eigenvalue weighted by molar-refractivity contribution is 6.22. The van der Waals surface area contributed by atoms with E-state index >= 15 is 0 Å². The number of benzene rings is 2. The first-order valence-corrected chi connectivity index (χ1v) is 6.41. The number of hydrogen-bond donors (Lipinski definition) is 0. The summed E-state index contributed by atoms with van der Waals surface area (Å²) in [6, 6.07) is 15.2. The number of hydrogen-bond acceptors (Lipinski definition) is 3. The largest absolute Gasteiger partial charge is 0.497 e. The average molecular weight is 261 g/mol. The molecule has 2 aromatic carbocycles. The van der Waals surface area contributed by atoms with Crippen LogP contribution in [0.1, 0.15) is 15.9 Å². The van der Waals surface area contributed by atoms with E-state index in [1.807, 2.05) is 48.5 Å². The quantitative estimate of drug-likeness (QED) is 0.526. The Morgan fingerprint density at radius 3 is 2.55 bits per heavy atom. The molecule has 96 valence electrons. The van der Waals surface area contributed by atoms with Gasteiger partial charge < -0.3 is 4.74 Å². The maximum Gasteiger partial charge on any atom is 0.195 e. The number of fused-ring (bicyclic) bond motifs is 4. The number of aromatic nitrogens is 1. The van der Waals surface area contributed by atoms with Crippen molar-refractivity contribution < 1.29 is 9.53 Å². The van der Waals surface area contributed by atoms with Crippen LogP contribution in [-0.4, -0.2) is 17.9 Å². The molecule has 0 aliphatic heterocycles. The third-order valence-corrected chi connectivity index (χ3v) is 3.70. The van der Waals surface area contributed by atoms with E-state index in [0.717, 1.165) is 33.5 Å². The minimum absolute atomic E-state index is 0.0563. The number of carbonyl (C=O) groups is 1. The molecular formula is C17H11NO2. The van der Waals surface area contributed by atoms with E-state index in [2.05, 4.69) is 4.98 Å². The van der Waals surface area contributed by atoms with Gasteiger partial charge in [-0.2, -0.15) is 0 Å². The lowest BCUT2D eigenvalue weighted by molar-refractivity contribution is 0.104. The van der Waals surface area contributed by atoms with Crippen LogP contribution in [0.5, 0.6) is 5.75 Å². The van der Waals surface area contributed by atoms with Crippen LogP contribution in [0.15, 0.2) is 48.5 Å². The van der Waals surface area contributed by atoms with Crippen LogP contribution in [0.2, 0.25) is 0 Å². The van der Waals surface area contributed by atoms with Gasteiger partial charge in [0.15, 0.2) is 5.78 Å². The highest BCUT2D eigenvalue weighted by atomic mass is 16.5. The van der Waals surface area contributed by atoms with Crippen molar-refractivity contribution in [2.24, 2.45) is 0 Å². The number of pyridine rings is 1. The van der Waals surface area contributed by atoms with Crippen LogP contribution in [0.3, 0.4) is 0 Å². The Balaban J connectivity index is 2.05. The van der Waals surface area contributed by atoms with E-state index in [1.165, 1.54) is 0 Å². The molecule has 1 aliphatic carbocycles. The Morgan fingerprint density at radius 1 is 0.950 bits per heavy atom. The lowest BCUT2D eigenvalue weighted by Gasteiger charge is -2.05. The average Bonchev–Trinajstić information content (AvgIpc) is 2.78. The summed E-state index contributed by atoms with van der Waals surface area (Å²) >= 11 is 0. The van der Waals surface area contributed by atoms with Gasteiger partial charge in [0.05, 0.1) is 18.3 Å². The summed E-state index contributed by atoms with van der Waals surface area (Å²) in [6.45, 7) is 0. The second-order valence-corrected chi connectivity index (χ2v) is 4.82. The molecule has 0 bridgehead atoms. The fraction of sp³-hybridized carbons (Fsp3) is 0.0588. The highest BCUT2D eigenvalue weighted by Crippen LogP contribution is 2.36. The van der Waals surface area contributed by atoms with E-state index in [0.29, 0.717) is 5.56 Å². The van der Waals surface area contributed by atoms with Crippen molar-refractivity contribution in [2.75, 3.05) is 7.11 Å². The summed E-state index contributed by atoms with van der Waals surface area (Å²) in [5, 5.41) is 0.950. The molecule has 1 aromatic heterocycles. The summed E-state index contributed by atoms with van der Waals surface area (Å²) in [5.74, 6) is 0.823. The van der Waals surface area contributed by atoms with Crippen LogP contribution in [-0.2, 0) is 0 Å². The molecule has 0 unspecified atom stereocenters. The summed E-state index contributed by atoms with van der Waals surface area (Å²) in [6.07, 6.45) is 0. The van der Waals surface area contributed by atoms with Gasteiger partial charge in [0.2, 0.25) is 0 Å². The molecule has 0 saturated heterocycles. The van der Waals surface area contributed by atoms with E-state index < -0.39 is 0 Å². The summed E-state index contributed by atoms with van der Waals surface area (Å²) in [5.41, 5.74) is 3.94. The minimum Gasteiger partial charge on any atom is -0.497 e. The van der Waals surface area contributed by atoms with Crippen LogP contribution in [0, 0.1) is 0 Å². The Kier molecular flexibility index (Phi) is 2.18. The molecule has 1 heterocycles. The van der Waals surface area contributed by atoms with Crippen LogP contribution in [0.4, 0.5) is 0 Å². The first-order valence-electron chi connectivity index (χ1n) is 6.41. The molecule has 0 fully saturated rings. The molecule has 0 saturated carbocycles. The van der Waals surface area contributed by atoms with Gasteiger partial charge in [-0.15, -0.1) is 0 Å². The summed E-state index contributed by atoms with van der Waals surface area (Å²) in [4.78, 5) is 17.0. The second-order valence-electron chi connectivity index (χ2n) is 4.82. The first-order chi connectivity index (χ1) is 9.78. The molecule has 0 spiro atoms. The molecule has 3 nitrogen and oxygen atoms in total.